The molecular formula is C14H18N2O2. The molecule has 0 radical (unpaired) electrons. The van der Waals surface area contributed by atoms with E-state index in [4.69, 9.17) is 0 Å². The summed E-state index contributed by atoms with van der Waals surface area (Å²) in [6.45, 7) is 4.77. The van der Waals surface area contributed by atoms with Crippen LogP contribution in [0.5, 0.6) is 0 Å². The molecule has 0 spiro atoms. The van der Waals surface area contributed by atoms with Crippen molar-refractivity contribution in [3.8, 4) is 0 Å². The first-order valence-electron chi connectivity index (χ1n) is 6.19. The Kier molecular flexibility index (Phi) is 3.65. The molecule has 18 heavy (non-hydrogen) atoms. The van der Waals surface area contributed by atoms with Gasteiger partial charge in [0.05, 0.1) is 5.92 Å². The highest BCUT2D eigenvalue weighted by Crippen LogP contribution is 2.18. The van der Waals surface area contributed by atoms with Crippen molar-refractivity contribution >= 4 is 17.5 Å². The second-order valence-corrected chi connectivity index (χ2v) is 4.81. The lowest BCUT2D eigenvalue weighted by atomic mass is 10.1. The first-order valence-corrected chi connectivity index (χ1v) is 6.19. The third-order valence-corrected chi connectivity index (χ3v) is 3.32. The fourth-order valence-corrected chi connectivity index (χ4v) is 2.14. The second kappa shape index (κ2) is 5.21. The first kappa shape index (κ1) is 12.6. The summed E-state index contributed by atoms with van der Waals surface area (Å²) in [5.74, 6) is -0.0431. The molecule has 2 rings (SSSR count). The highest BCUT2D eigenvalue weighted by molar-refractivity contribution is 5.93. The molecule has 1 heterocycles. The predicted octanol–water partition coefficient (Wildman–Crippen LogP) is 1.80. The molecule has 2 amide bonds. The molecule has 1 aromatic carbocycles. The van der Waals surface area contributed by atoms with Gasteiger partial charge < -0.3 is 10.2 Å². The van der Waals surface area contributed by atoms with Gasteiger partial charge >= 0.3 is 0 Å². The summed E-state index contributed by atoms with van der Waals surface area (Å²) in [6, 6.07) is 7.72. The number of anilines is 1. The van der Waals surface area contributed by atoms with Gasteiger partial charge in [-0.2, -0.15) is 0 Å². The van der Waals surface area contributed by atoms with Gasteiger partial charge in [-0.15, -0.1) is 0 Å². The monoisotopic (exact) mass is 246 g/mol. The van der Waals surface area contributed by atoms with E-state index in [1.54, 1.807) is 11.8 Å². The first-order chi connectivity index (χ1) is 8.56. The van der Waals surface area contributed by atoms with Crippen LogP contribution in [0.25, 0.3) is 0 Å². The Hall–Kier alpha value is -1.84. The maximum Gasteiger partial charge on any atom is 0.229 e. The summed E-state index contributed by atoms with van der Waals surface area (Å²) in [7, 11) is 0. The zero-order chi connectivity index (χ0) is 13.1. The van der Waals surface area contributed by atoms with Gasteiger partial charge in [-0.05, 0) is 25.5 Å². The molecule has 1 unspecified atom stereocenters. The van der Waals surface area contributed by atoms with Gasteiger partial charge in [0.2, 0.25) is 11.8 Å². The highest BCUT2D eigenvalue weighted by Gasteiger charge is 2.29. The Balaban J connectivity index is 1.93. The van der Waals surface area contributed by atoms with Crippen molar-refractivity contribution in [1.82, 2.24) is 4.90 Å². The summed E-state index contributed by atoms with van der Waals surface area (Å²) in [4.78, 5) is 24.9. The molecule has 1 aliphatic rings. The van der Waals surface area contributed by atoms with Crippen LogP contribution in [-0.4, -0.2) is 29.8 Å². The molecule has 1 fully saturated rings. The number of carbonyl (C=O) groups is 2. The van der Waals surface area contributed by atoms with Crippen molar-refractivity contribution < 1.29 is 9.59 Å². The quantitative estimate of drug-likeness (QED) is 0.865. The van der Waals surface area contributed by atoms with Crippen LogP contribution in [0.4, 0.5) is 5.69 Å². The Morgan fingerprint density at radius 2 is 1.94 bits per heavy atom. The minimum absolute atomic E-state index is 0.00241. The van der Waals surface area contributed by atoms with Crippen LogP contribution in [0.2, 0.25) is 0 Å². The minimum Gasteiger partial charge on any atom is -0.342 e. The van der Waals surface area contributed by atoms with E-state index >= 15 is 0 Å². The van der Waals surface area contributed by atoms with Crippen LogP contribution in [0.3, 0.4) is 0 Å². The lowest BCUT2D eigenvalue weighted by Crippen LogP contribution is -2.29. The van der Waals surface area contributed by atoms with Crippen LogP contribution in [0.1, 0.15) is 18.9 Å². The number of hydrogen-bond donors (Lipinski definition) is 1. The number of aryl methyl sites for hydroxylation is 1. The Morgan fingerprint density at radius 3 is 2.50 bits per heavy atom. The van der Waals surface area contributed by atoms with Crippen LogP contribution >= 0.6 is 0 Å². The predicted molar refractivity (Wildman–Crippen MR) is 70.2 cm³/mol. The third kappa shape index (κ3) is 2.88. The van der Waals surface area contributed by atoms with Gasteiger partial charge in [0, 0.05) is 25.7 Å². The molecule has 1 atom stereocenters. The van der Waals surface area contributed by atoms with Crippen molar-refractivity contribution in [3.63, 3.8) is 0 Å². The topological polar surface area (TPSA) is 49.4 Å². The van der Waals surface area contributed by atoms with Crippen LogP contribution in [-0.2, 0) is 9.59 Å². The second-order valence-electron chi connectivity index (χ2n) is 4.81. The number of nitrogens with zero attached hydrogens (tertiary/aromatic N) is 1. The summed E-state index contributed by atoms with van der Waals surface area (Å²) >= 11 is 0. The molecule has 0 saturated carbocycles. The number of carbonyl (C=O) groups excluding carboxylic acids is 2. The number of likely N-dealkylation sites (tertiary alicyclic amines) is 1. The Labute approximate surface area is 107 Å². The van der Waals surface area contributed by atoms with E-state index in [-0.39, 0.29) is 17.7 Å². The molecule has 1 aromatic rings. The van der Waals surface area contributed by atoms with Crippen molar-refractivity contribution in [2.75, 3.05) is 18.4 Å². The van der Waals surface area contributed by atoms with E-state index in [0.717, 1.165) is 17.7 Å². The van der Waals surface area contributed by atoms with Gasteiger partial charge in [-0.25, -0.2) is 0 Å². The van der Waals surface area contributed by atoms with Crippen LogP contribution in [0, 0.1) is 12.8 Å². The standard InChI is InChI=1S/C14H18N2O2/c1-10-3-5-13(6-4-10)15-14(18)12-7-8-16(9-12)11(2)17/h3-6,12H,7-9H2,1-2H3,(H,15,18). The van der Waals surface area contributed by atoms with Crippen molar-refractivity contribution in [1.29, 1.82) is 0 Å². The van der Waals surface area contributed by atoms with E-state index in [1.807, 2.05) is 31.2 Å². The molecule has 1 saturated heterocycles. The van der Waals surface area contributed by atoms with E-state index in [9.17, 15) is 9.59 Å². The summed E-state index contributed by atoms with van der Waals surface area (Å²) in [5.41, 5.74) is 1.98. The fourth-order valence-electron chi connectivity index (χ4n) is 2.14. The SMILES string of the molecule is CC(=O)N1CCC(C(=O)Nc2ccc(C)cc2)C1. The smallest absolute Gasteiger partial charge is 0.229 e. The normalized spacial score (nSPS) is 18.8. The van der Waals surface area contributed by atoms with Crippen molar-refractivity contribution in [2.24, 2.45) is 5.92 Å². The van der Waals surface area contributed by atoms with Crippen LogP contribution in [0.15, 0.2) is 24.3 Å². The van der Waals surface area contributed by atoms with Crippen molar-refractivity contribution in [2.45, 2.75) is 20.3 Å². The average Bonchev–Trinajstić information content (AvgIpc) is 2.81. The van der Waals surface area contributed by atoms with E-state index in [2.05, 4.69) is 5.32 Å². The van der Waals surface area contributed by atoms with Gasteiger partial charge in [0.25, 0.3) is 0 Å². The highest BCUT2D eigenvalue weighted by atomic mass is 16.2. The minimum atomic E-state index is -0.0878. The average molecular weight is 246 g/mol. The number of nitrogens with one attached hydrogen (secondary N) is 1. The molecular weight excluding hydrogens is 228 g/mol. The molecule has 96 valence electrons. The number of hydrogen-bond acceptors (Lipinski definition) is 2. The molecule has 4 heteroatoms. The Bertz CT molecular complexity index is 453. The van der Waals surface area contributed by atoms with Gasteiger partial charge in [0.15, 0.2) is 0 Å². The summed E-state index contributed by atoms with van der Waals surface area (Å²) in [6.07, 6.45) is 0.747. The molecule has 0 aliphatic carbocycles. The molecule has 4 nitrogen and oxygen atoms in total. The van der Waals surface area contributed by atoms with Crippen LogP contribution < -0.4 is 5.32 Å². The van der Waals surface area contributed by atoms with E-state index in [1.165, 1.54) is 0 Å². The number of amides is 2. The molecule has 0 aromatic heterocycles. The summed E-state index contributed by atoms with van der Waals surface area (Å²) in [5, 5.41) is 2.89. The van der Waals surface area contributed by atoms with Gasteiger partial charge in [0.1, 0.15) is 0 Å². The maximum absolute atomic E-state index is 12.0. The van der Waals surface area contributed by atoms with E-state index in [0.29, 0.717) is 13.1 Å². The van der Waals surface area contributed by atoms with Gasteiger partial charge in [-0.1, -0.05) is 17.7 Å². The third-order valence-electron chi connectivity index (χ3n) is 3.32. The fraction of sp³-hybridized carbons (Fsp3) is 0.429. The lowest BCUT2D eigenvalue weighted by molar-refractivity contribution is -0.128. The summed E-state index contributed by atoms with van der Waals surface area (Å²) < 4.78 is 0. The number of rotatable bonds is 2. The molecule has 1 aliphatic heterocycles. The zero-order valence-electron chi connectivity index (χ0n) is 10.8. The van der Waals surface area contributed by atoms with E-state index < -0.39 is 0 Å². The van der Waals surface area contributed by atoms with Gasteiger partial charge in [-0.3, -0.25) is 9.59 Å². The van der Waals surface area contributed by atoms with Crippen molar-refractivity contribution in [3.05, 3.63) is 29.8 Å². The number of benzene rings is 1. The molecule has 1 N–H and O–H groups in total. The zero-order valence-corrected chi connectivity index (χ0v) is 10.8. The largest absolute Gasteiger partial charge is 0.342 e. The Morgan fingerprint density at radius 1 is 1.28 bits per heavy atom. The maximum atomic E-state index is 12.0. The lowest BCUT2D eigenvalue weighted by Gasteiger charge is -2.14. The molecule has 0 bridgehead atoms.